The molecule has 2 rings (SSSR count). The molecule has 0 unspecified atom stereocenters. The molecule has 0 aliphatic carbocycles. The highest BCUT2D eigenvalue weighted by Gasteiger charge is 2.02. The van der Waals surface area contributed by atoms with Crippen LogP contribution in [0.15, 0.2) is 30.6 Å². The van der Waals surface area contributed by atoms with Gasteiger partial charge in [0, 0.05) is 25.9 Å². The SMILES string of the molecule is Cc1ccc(C)c(OCCc2nccn2C)c1. The van der Waals surface area contributed by atoms with Crippen LogP contribution in [0.1, 0.15) is 17.0 Å². The summed E-state index contributed by atoms with van der Waals surface area (Å²) in [4.78, 5) is 4.27. The van der Waals surface area contributed by atoms with Crippen LogP contribution in [0, 0.1) is 13.8 Å². The number of ether oxygens (including phenoxy) is 1. The smallest absolute Gasteiger partial charge is 0.122 e. The largest absolute Gasteiger partial charge is 0.493 e. The second-order valence-electron chi connectivity index (χ2n) is 4.32. The number of aryl methyl sites for hydroxylation is 3. The van der Waals surface area contributed by atoms with Gasteiger partial charge in [0.1, 0.15) is 11.6 Å². The van der Waals surface area contributed by atoms with Gasteiger partial charge in [-0.1, -0.05) is 12.1 Å². The van der Waals surface area contributed by atoms with Crippen LogP contribution < -0.4 is 4.74 Å². The van der Waals surface area contributed by atoms with E-state index in [2.05, 4.69) is 37.0 Å². The Balaban J connectivity index is 1.94. The first kappa shape index (κ1) is 11.7. The summed E-state index contributed by atoms with van der Waals surface area (Å²) in [6.45, 7) is 4.80. The third kappa shape index (κ3) is 2.87. The normalized spacial score (nSPS) is 10.5. The Kier molecular flexibility index (Phi) is 3.47. The topological polar surface area (TPSA) is 27.1 Å². The van der Waals surface area contributed by atoms with E-state index >= 15 is 0 Å². The van der Waals surface area contributed by atoms with Crippen molar-refractivity contribution in [3.05, 3.63) is 47.5 Å². The van der Waals surface area contributed by atoms with E-state index in [0.717, 1.165) is 18.0 Å². The Labute approximate surface area is 102 Å². The van der Waals surface area contributed by atoms with Crippen LogP contribution in [0.3, 0.4) is 0 Å². The van der Waals surface area contributed by atoms with E-state index in [0.29, 0.717) is 6.61 Å². The zero-order chi connectivity index (χ0) is 12.3. The van der Waals surface area contributed by atoms with Crippen LogP contribution in [0.4, 0.5) is 0 Å². The van der Waals surface area contributed by atoms with Crippen molar-refractivity contribution in [2.75, 3.05) is 6.61 Å². The van der Waals surface area contributed by atoms with Gasteiger partial charge >= 0.3 is 0 Å². The number of imidazole rings is 1. The van der Waals surface area contributed by atoms with Gasteiger partial charge in [0.2, 0.25) is 0 Å². The Hall–Kier alpha value is -1.77. The minimum absolute atomic E-state index is 0.662. The highest BCUT2D eigenvalue weighted by atomic mass is 16.5. The second kappa shape index (κ2) is 5.04. The average Bonchev–Trinajstić information content (AvgIpc) is 2.70. The molecule has 90 valence electrons. The summed E-state index contributed by atoms with van der Waals surface area (Å²) >= 11 is 0. The summed E-state index contributed by atoms with van der Waals surface area (Å²) in [6.07, 6.45) is 4.59. The number of hydrogen-bond donors (Lipinski definition) is 0. The van der Waals surface area contributed by atoms with Crippen molar-refractivity contribution in [1.82, 2.24) is 9.55 Å². The molecule has 0 saturated heterocycles. The van der Waals surface area contributed by atoms with Gasteiger partial charge in [0.15, 0.2) is 0 Å². The zero-order valence-electron chi connectivity index (χ0n) is 10.6. The predicted octanol–water partition coefficient (Wildman–Crippen LogP) is 2.66. The molecular weight excluding hydrogens is 212 g/mol. The van der Waals surface area contributed by atoms with Gasteiger partial charge in [0.25, 0.3) is 0 Å². The molecule has 1 heterocycles. The first-order chi connectivity index (χ1) is 8.16. The molecule has 2 aromatic rings. The predicted molar refractivity (Wildman–Crippen MR) is 68.3 cm³/mol. The maximum Gasteiger partial charge on any atom is 0.122 e. The summed E-state index contributed by atoms with van der Waals surface area (Å²) in [5.74, 6) is 2.02. The minimum atomic E-state index is 0.662. The zero-order valence-corrected chi connectivity index (χ0v) is 10.6. The molecule has 0 aliphatic rings. The maximum atomic E-state index is 5.79. The van der Waals surface area contributed by atoms with Gasteiger partial charge in [-0.05, 0) is 31.0 Å². The van der Waals surface area contributed by atoms with Crippen LogP contribution in [0.2, 0.25) is 0 Å². The molecule has 17 heavy (non-hydrogen) atoms. The standard InChI is InChI=1S/C14H18N2O/c1-11-4-5-12(2)13(10-11)17-9-6-14-15-7-8-16(14)3/h4-5,7-8,10H,6,9H2,1-3H3. The Bertz CT molecular complexity index is 503. The summed E-state index contributed by atoms with van der Waals surface area (Å²) in [6, 6.07) is 6.26. The van der Waals surface area contributed by atoms with Crippen LogP contribution in [-0.4, -0.2) is 16.2 Å². The lowest BCUT2D eigenvalue weighted by atomic mass is 10.1. The lowest BCUT2D eigenvalue weighted by molar-refractivity contribution is 0.315. The Morgan fingerprint density at radius 2 is 2.12 bits per heavy atom. The summed E-state index contributed by atoms with van der Waals surface area (Å²) in [5.41, 5.74) is 2.40. The fourth-order valence-corrected chi connectivity index (χ4v) is 1.75. The molecule has 0 radical (unpaired) electrons. The fraction of sp³-hybridized carbons (Fsp3) is 0.357. The van der Waals surface area contributed by atoms with Gasteiger partial charge in [0.05, 0.1) is 6.61 Å². The molecule has 0 bridgehead atoms. The van der Waals surface area contributed by atoms with Crippen molar-refractivity contribution in [2.45, 2.75) is 20.3 Å². The van der Waals surface area contributed by atoms with Crippen LogP contribution in [-0.2, 0) is 13.5 Å². The van der Waals surface area contributed by atoms with E-state index in [4.69, 9.17) is 4.74 Å². The average molecular weight is 230 g/mol. The molecule has 0 spiro atoms. The molecule has 3 heteroatoms. The number of hydrogen-bond acceptors (Lipinski definition) is 2. The lowest BCUT2D eigenvalue weighted by Crippen LogP contribution is -2.06. The Morgan fingerprint density at radius 3 is 2.82 bits per heavy atom. The third-order valence-electron chi connectivity index (χ3n) is 2.85. The second-order valence-corrected chi connectivity index (χ2v) is 4.32. The number of benzene rings is 1. The Morgan fingerprint density at radius 1 is 1.29 bits per heavy atom. The van der Waals surface area contributed by atoms with E-state index in [9.17, 15) is 0 Å². The molecule has 0 atom stereocenters. The first-order valence-corrected chi connectivity index (χ1v) is 5.83. The van der Waals surface area contributed by atoms with E-state index < -0.39 is 0 Å². The highest BCUT2D eigenvalue weighted by molar-refractivity contribution is 5.35. The molecule has 0 aliphatic heterocycles. The molecule has 1 aromatic carbocycles. The van der Waals surface area contributed by atoms with E-state index in [1.165, 1.54) is 11.1 Å². The third-order valence-corrected chi connectivity index (χ3v) is 2.85. The highest BCUT2D eigenvalue weighted by Crippen LogP contribution is 2.19. The monoisotopic (exact) mass is 230 g/mol. The van der Waals surface area contributed by atoms with Crippen LogP contribution >= 0.6 is 0 Å². The first-order valence-electron chi connectivity index (χ1n) is 5.83. The van der Waals surface area contributed by atoms with Gasteiger partial charge in [-0.2, -0.15) is 0 Å². The molecule has 0 N–H and O–H groups in total. The van der Waals surface area contributed by atoms with E-state index in [-0.39, 0.29) is 0 Å². The number of rotatable bonds is 4. The number of aromatic nitrogens is 2. The van der Waals surface area contributed by atoms with Gasteiger partial charge < -0.3 is 9.30 Å². The van der Waals surface area contributed by atoms with E-state index in [1.54, 1.807) is 0 Å². The number of nitrogens with zero attached hydrogens (tertiary/aromatic N) is 2. The molecule has 0 fully saturated rings. The van der Waals surface area contributed by atoms with Crippen molar-refractivity contribution >= 4 is 0 Å². The van der Waals surface area contributed by atoms with Crippen LogP contribution in [0.25, 0.3) is 0 Å². The fourth-order valence-electron chi connectivity index (χ4n) is 1.75. The van der Waals surface area contributed by atoms with Gasteiger partial charge in [-0.25, -0.2) is 4.98 Å². The quantitative estimate of drug-likeness (QED) is 0.807. The van der Waals surface area contributed by atoms with Crippen molar-refractivity contribution < 1.29 is 4.74 Å². The van der Waals surface area contributed by atoms with E-state index in [1.807, 2.05) is 24.0 Å². The maximum absolute atomic E-state index is 5.79. The summed E-state index contributed by atoms with van der Waals surface area (Å²) in [7, 11) is 2.00. The van der Waals surface area contributed by atoms with Crippen molar-refractivity contribution in [1.29, 1.82) is 0 Å². The minimum Gasteiger partial charge on any atom is -0.493 e. The van der Waals surface area contributed by atoms with Crippen LogP contribution in [0.5, 0.6) is 5.75 Å². The lowest BCUT2D eigenvalue weighted by Gasteiger charge is -2.09. The van der Waals surface area contributed by atoms with Crippen molar-refractivity contribution in [3.63, 3.8) is 0 Å². The molecule has 3 nitrogen and oxygen atoms in total. The molecule has 1 aromatic heterocycles. The summed E-state index contributed by atoms with van der Waals surface area (Å²) < 4.78 is 7.81. The van der Waals surface area contributed by atoms with Crippen molar-refractivity contribution in [3.8, 4) is 5.75 Å². The molecule has 0 amide bonds. The summed E-state index contributed by atoms with van der Waals surface area (Å²) in [5, 5.41) is 0. The van der Waals surface area contributed by atoms with Gasteiger partial charge in [-0.15, -0.1) is 0 Å². The molecule has 0 saturated carbocycles. The van der Waals surface area contributed by atoms with Gasteiger partial charge in [-0.3, -0.25) is 0 Å². The van der Waals surface area contributed by atoms with Crippen molar-refractivity contribution in [2.24, 2.45) is 7.05 Å². The molecular formula is C14H18N2O.